The summed E-state index contributed by atoms with van der Waals surface area (Å²) in [6, 6.07) is 0. The number of cyclic esters (lactones) is 9. The van der Waals surface area contributed by atoms with Crippen LogP contribution >= 0.6 is 0 Å². The monoisotopic (exact) mass is 1900 g/mol. The highest BCUT2D eigenvalue weighted by Crippen LogP contribution is 2.31. The Bertz CT molecular complexity index is 3820. The fourth-order valence-electron chi connectivity index (χ4n) is 9.10. The molecule has 2 N–H and O–H groups in total. The van der Waals surface area contributed by atoms with Gasteiger partial charge in [0.15, 0.2) is 30.5 Å². The van der Waals surface area contributed by atoms with Crippen LogP contribution in [-0.2, 0) is 172 Å². The number of alkyl halides is 17. The van der Waals surface area contributed by atoms with Crippen molar-refractivity contribution in [2.75, 3.05) is 46.2 Å². The summed E-state index contributed by atoms with van der Waals surface area (Å²) in [7, 11) is 0. The van der Waals surface area contributed by atoms with Gasteiger partial charge in [0.1, 0.15) is 44.2 Å². The van der Waals surface area contributed by atoms with Crippen LogP contribution in [0.5, 0.6) is 0 Å². The fourth-order valence-corrected chi connectivity index (χ4v) is 9.10. The van der Waals surface area contributed by atoms with Crippen LogP contribution in [0.15, 0.2) is 0 Å². The number of esters is 18. The molecular formula is C73H93F17O38. The maximum absolute atomic E-state index is 12.9. The van der Waals surface area contributed by atoms with E-state index in [1.807, 2.05) is 0 Å². The van der Waals surface area contributed by atoms with E-state index in [4.69, 9.17) is 14.9 Å². The number of carbonyl (C=O) groups excluding carboxylic acids is 18. The molecule has 0 bridgehead atoms. The molecule has 0 spiro atoms. The quantitative estimate of drug-likeness (QED) is 0.0844. The number of carbonyl (C=O) groups is 18. The molecule has 128 heavy (non-hydrogen) atoms. The van der Waals surface area contributed by atoms with Crippen LogP contribution in [0.3, 0.4) is 0 Å². The van der Waals surface area contributed by atoms with E-state index < -0.39 is 240 Å². The minimum Gasteiger partial charge on any atom is -0.463 e. The highest BCUT2D eigenvalue weighted by Gasteiger charge is 2.50. The number of aliphatic hydroxyl groups excluding tert-OH is 2. The van der Waals surface area contributed by atoms with E-state index in [1.54, 1.807) is 6.92 Å². The lowest BCUT2D eigenvalue weighted by atomic mass is 9.98. The molecule has 9 aliphatic rings. The van der Waals surface area contributed by atoms with E-state index in [-0.39, 0.29) is 84.3 Å². The summed E-state index contributed by atoms with van der Waals surface area (Å²) in [5.74, 6) is -50.0. The van der Waals surface area contributed by atoms with E-state index in [0.29, 0.717) is 100 Å². The van der Waals surface area contributed by atoms with E-state index in [1.165, 1.54) is 13.8 Å². The molecule has 0 aromatic rings. The molecule has 732 valence electrons. The SMILES string of the molecule is CC(C)(F)C(=O)OC1CCOC1=O.CC(F)(F)C(=O)OC1(C)CCCOC1=O.CC(F)(F)C(=O)OC1C(=O)OCC1O.CC(F)(F)C(=O)OC1CCCCOC1=O.CC(F)(F)C(=O)OC1CCCOC1=O.CC(F)(F)C(=O)OC1COC(=O)C1O.CC(F)(F)C(=O)OCC1CCC(=O)O1.CC1CCC(OC(=O)C(C)(F)F)C(=O)O1.CC1OC(=O)CC1OC(=O)C(C)(F)F. The molecule has 0 amide bonds. The lowest BCUT2D eigenvalue weighted by Crippen LogP contribution is -2.47. The Kier molecular flexibility index (Phi) is 44.2. The predicted molar refractivity (Wildman–Crippen MR) is 374 cm³/mol. The smallest absolute Gasteiger partial charge is 0.377 e. The van der Waals surface area contributed by atoms with Crippen molar-refractivity contribution in [1.82, 2.24) is 0 Å². The molecule has 13 unspecified atom stereocenters. The summed E-state index contributed by atoms with van der Waals surface area (Å²) < 4.78 is 291. The summed E-state index contributed by atoms with van der Waals surface area (Å²) in [5.41, 5.74) is -3.64. The van der Waals surface area contributed by atoms with Crippen molar-refractivity contribution < 1.29 is 256 Å². The lowest BCUT2D eigenvalue weighted by Gasteiger charge is -2.31. The zero-order valence-electron chi connectivity index (χ0n) is 70.1. The molecule has 0 saturated carbocycles. The Morgan fingerprint density at radius 1 is 0.375 bits per heavy atom. The number of ether oxygens (including phenoxy) is 18. The van der Waals surface area contributed by atoms with Crippen molar-refractivity contribution >= 4 is 107 Å². The molecule has 13 atom stereocenters. The van der Waals surface area contributed by atoms with Crippen molar-refractivity contribution in [3.8, 4) is 0 Å². The zero-order valence-corrected chi connectivity index (χ0v) is 70.1. The first-order valence-corrected chi connectivity index (χ1v) is 37.7. The third kappa shape index (κ3) is 42.4. The van der Waals surface area contributed by atoms with Crippen LogP contribution in [0.2, 0.25) is 0 Å². The van der Waals surface area contributed by atoms with Crippen molar-refractivity contribution in [3.05, 3.63) is 0 Å². The van der Waals surface area contributed by atoms with Crippen LogP contribution in [0.25, 0.3) is 0 Å². The van der Waals surface area contributed by atoms with Gasteiger partial charge in [-0.2, -0.15) is 70.2 Å². The average Bonchev–Trinajstić information content (AvgIpc) is 1.12. The standard InChI is InChI=1S/3C9H12F2O4.3C8H10F2O4.C8H11FO4.2C7H8F2O5/c1-8(4-3-5-14-6(8)12)15-7(13)9(2,10)11;1-5-3-4-6(7(12)14-5)15-8(13)9(2,10)11;1-9(10,11)8(13)15-6-4-2-3-5-14-7(6)12;1-4-5(3-6(11)13-4)14-7(12)8(2,9)10;1-8(9,10)7(12)13-4-5-2-3-6(11)14-5;1-8(9,10)7(12)14-5-3-2-4-13-6(5)11;1-8(2,9)7(11)13-5-3-4-12-6(5)10;1-7(8,9)6(12)14-3-2-13-5(11)4(3)10;1-7(8,9)6(12)14-4-3(10)2-13-5(4)11/h3-5H2,1-2H3;5-6H,3-4H2,1-2H3;6H,2-5H2,1H3;4-5H,3H2,1-2H3;2*5H,2-4H2,1H3;5H,3-4H2,1-2H3;2*3-4,10H,2H2,1H3. The first-order chi connectivity index (χ1) is 58.1. The van der Waals surface area contributed by atoms with Gasteiger partial charge < -0.3 is 95.5 Å². The van der Waals surface area contributed by atoms with E-state index in [0.717, 1.165) is 13.8 Å². The van der Waals surface area contributed by atoms with E-state index in [9.17, 15) is 161 Å². The van der Waals surface area contributed by atoms with Gasteiger partial charge in [0.05, 0.1) is 39.0 Å². The summed E-state index contributed by atoms with van der Waals surface area (Å²) in [5, 5.41) is 18.0. The molecule has 55 heteroatoms. The second kappa shape index (κ2) is 49.1. The van der Waals surface area contributed by atoms with E-state index >= 15 is 0 Å². The molecule has 0 aromatic heterocycles. The summed E-state index contributed by atoms with van der Waals surface area (Å²) in [4.78, 5) is 195. The Morgan fingerprint density at radius 2 is 0.773 bits per heavy atom. The summed E-state index contributed by atoms with van der Waals surface area (Å²) >= 11 is 0. The van der Waals surface area contributed by atoms with Crippen LogP contribution in [0.1, 0.15) is 173 Å². The van der Waals surface area contributed by atoms with Gasteiger partial charge in [-0.25, -0.2) is 81.1 Å². The van der Waals surface area contributed by atoms with Crippen LogP contribution in [-0.4, -0.2) is 296 Å². The number of halogens is 17. The van der Waals surface area contributed by atoms with E-state index in [2.05, 4.69) is 80.5 Å². The third-order valence-corrected chi connectivity index (χ3v) is 16.2. The van der Waals surface area contributed by atoms with Crippen molar-refractivity contribution in [1.29, 1.82) is 0 Å². The van der Waals surface area contributed by atoms with Crippen molar-refractivity contribution in [3.63, 3.8) is 0 Å². The molecule has 9 rings (SSSR count). The maximum atomic E-state index is 12.9. The van der Waals surface area contributed by atoms with Gasteiger partial charge >= 0.3 is 155 Å². The molecule has 0 aliphatic carbocycles. The zero-order chi connectivity index (χ0) is 99.2. The van der Waals surface area contributed by atoms with Gasteiger partial charge in [-0.15, -0.1) is 0 Å². The molecule has 9 heterocycles. The van der Waals surface area contributed by atoms with Crippen LogP contribution in [0, 0.1) is 0 Å². The summed E-state index contributed by atoms with van der Waals surface area (Å²) in [6.45, 7) is 9.78. The molecule has 0 aromatic carbocycles. The fraction of sp³-hybridized carbons (Fsp3) is 0.753. The molecule has 9 saturated heterocycles. The van der Waals surface area contributed by atoms with Crippen molar-refractivity contribution in [2.45, 2.75) is 305 Å². The Balaban J connectivity index is 0.000000720. The lowest BCUT2D eigenvalue weighted by molar-refractivity contribution is -0.201. The third-order valence-electron chi connectivity index (χ3n) is 16.2. The van der Waals surface area contributed by atoms with Gasteiger partial charge in [0, 0.05) is 74.7 Å². The largest absolute Gasteiger partial charge is 0.463 e. The van der Waals surface area contributed by atoms with Gasteiger partial charge in [0.25, 0.3) is 0 Å². The molecule has 9 fully saturated rings. The first kappa shape index (κ1) is 115. The van der Waals surface area contributed by atoms with Gasteiger partial charge in [0.2, 0.25) is 23.5 Å². The van der Waals surface area contributed by atoms with Crippen LogP contribution < -0.4 is 0 Å². The normalized spacial score (nSPS) is 25.2. The topological polar surface area (TPSA) is 514 Å². The first-order valence-electron chi connectivity index (χ1n) is 37.7. The van der Waals surface area contributed by atoms with Gasteiger partial charge in [-0.05, 0) is 92.4 Å². The highest BCUT2D eigenvalue weighted by molar-refractivity contribution is 5.88. The van der Waals surface area contributed by atoms with Gasteiger partial charge in [-0.3, -0.25) is 9.59 Å². The maximum Gasteiger partial charge on any atom is 0.377 e. The second-order valence-corrected chi connectivity index (χ2v) is 29.4. The predicted octanol–water partition coefficient (Wildman–Crippen LogP) is 6.04. The number of rotatable bonds is 19. The average molecular weight is 1900 g/mol. The van der Waals surface area contributed by atoms with Crippen LogP contribution in [0.4, 0.5) is 74.6 Å². The summed E-state index contributed by atoms with van der Waals surface area (Å²) in [6.07, 6.45) is -8.48. The highest BCUT2D eigenvalue weighted by atomic mass is 19.3. The Morgan fingerprint density at radius 3 is 1.14 bits per heavy atom. The molecule has 0 radical (unpaired) electrons. The van der Waals surface area contributed by atoms with Gasteiger partial charge in [-0.1, -0.05) is 0 Å². The number of hydrogen-bond donors (Lipinski definition) is 2. The molecule has 38 nitrogen and oxygen atoms in total. The minimum absolute atomic E-state index is 0.164. The second-order valence-electron chi connectivity index (χ2n) is 29.4. The minimum atomic E-state index is -3.69. The number of hydrogen-bond acceptors (Lipinski definition) is 38. The van der Waals surface area contributed by atoms with Crippen molar-refractivity contribution in [2.24, 2.45) is 0 Å². The Labute approximate surface area is 713 Å². The molecular weight excluding hydrogens is 1810 g/mol. The number of aliphatic hydroxyl groups is 2. The Hall–Kier alpha value is -10.8. The molecule has 9 aliphatic heterocycles.